The van der Waals surface area contributed by atoms with E-state index in [0.29, 0.717) is 5.69 Å². The molecule has 0 N–H and O–H groups in total. The molecule has 0 bridgehead atoms. The molecule has 2 rings (SSSR count). The number of anilines is 1. The summed E-state index contributed by atoms with van der Waals surface area (Å²) in [4.78, 5) is 38.1. The molecule has 0 unspecified atom stereocenters. The van der Waals surface area contributed by atoms with Gasteiger partial charge in [-0.3, -0.25) is 19.3 Å². The van der Waals surface area contributed by atoms with Gasteiger partial charge in [0.25, 0.3) is 5.12 Å². The Morgan fingerprint density at radius 2 is 1.81 bits per heavy atom. The summed E-state index contributed by atoms with van der Waals surface area (Å²) in [6.07, 6.45) is 1.40. The number of hydrogen-bond donors (Lipinski definition) is 0. The SMILES string of the molecule is COC(=O)CN(C(=O)CSC(=O)c1ccco1)c1c(C)ccc(C)c1C. The summed E-state index contributed by atoms with van der Waals surface area (Å²) >= 11 is 0.840. The molecule has 1 aromatic heterocycles. The molecule has 0 saturated heterocycles. The minimum absolute atomic E-state index is 0.108. The maximum absolute atomic E-state index is 12.8. The van der Waals surface area contributed by atoms with Gasteiger partial charge in [0.1, 0.15) is 6.54 Å². The molecule has 0 atom stereocenters. The van der Waals surface area contributed by atoms with Crippen molar-refractivity contribution in [1.29, 1.82) is 0 Å². The molecule has 2 aromatic rings. The fraction of sp³-hybridized carbons (Fsp3) is 0.316. The smallest absolute Gasteiger partial charge is 0.325 e. The molecule has 0 aliphatic heterocycles. The Kier molecular flexibility index (Phi) is 6.63. The van der Waals surface area contributed by atoms with E-state index in [4.69, 9.17) is 9.15 Å². The topological polar surface area (TPSA) is 76.8 Å². The van der Waals surface area contributed by atoms with Crippen molar-refractivity contribution in [3.8, 4) is 0 Å². The van der Waals surface area contributed by atoms with Crippen molar-refractivity contribution in [3.05, 3.63) is 53.0 Å². The number of rotatable bonds is 6. The van der Waals surface area contributed by atoms with Crippen LogP contribution in [0.2, 0.25) is 0 Å². The van der Waals surface area contributed by atoms with Crippen LogP contribution in [-0.4, -0.2) is 36.4 Å². The van der Waals surface area contributed by atoms with Crippen LogP contribution in [0.4, 0.5) is 5.69 Å². The maximum Gasteiger partial charge on any atom is 0.325 e. The Hall–Kier alpha value is -2.54. The van der Waals surface area contributed by atoms with E-state index in [-0.39, 0.29) is 29.1 Å². The Morgan fingerprint density at radius 1 is 1.12 bits per heavy atom. The van der Waals surface area contributed by atoms with E-state index in [1.807, 2.05) is 32.9 Å². The lowest BCUT2D eigenvalue weighted by molar-refractivity contribution is -0.139. The number of carbonyl (C=O) groups excluding carboxylic acids is 3. The fourth-order valence-corrected chi connectivity index (χ4v) is 3.18. The normalized spacial score (nSPS) is 10.5. The second-order valence-electron chi connectivity index (χ2n) is 5.78. The minimum Gasteiger partial charge on any atom is -0.468 e. The van der Waals surface area contributed by atoms with Gasteiger partial charge in [-0.15, -0.1) is 0 Å². The first-order valence-electron chi connectivity index (χ1n) is 7.99. The summed E-state index contributed by atoms with van der Waals surface area (Å²) in [5.41, 5.74) is 3.45. The highest BCUT2D eigenvalue weighted by Crippen LogP contribution is 2.28. The summed E-state index contributed by atoms with van der Waals surface area (Å²) in [5, 5.41) is -0.334. The van der Waals surface area contributed by atoms with Crippen molar-refractivity contribution >= 4 is 34.4 Å². The zero-order valence-electron chi connectivity index (χ0n) is 15.2. The van der Waals surface area contributed by atoms with Gasteiger partial charge in [-0.2, -0.15) is 0 Å². The van der Waals surface area contributed by atoms with Gasteiger partial charge in [0, 0.05) is 0 Å². The van der Waals surface area contributed by atoms with Gasteiger partial charge in [-0.25, -0.2) is 0 Å². The van der Waals surface area contributed by atoms with Crippen molar-refractivity contribution in [2.75, 3.05) is 24.3 Å². The van der Waals surface area contributed by atoms with E-state index < -0.39 is 5.97 Å². The van der Waals surface area contributed by atoms with Crippen LogP contribution in [0.15, 0.2) is 34.9 Å². The molecule has 6 nitrogen and oxygen atoms in total. The largest absolute Gasteiger partial charge is 0.468 e. The van der Waals surface area contributed by atoms with Crippen molar-refractivity contribution in [3.63, 3.8) is 0 Å². The second-order valence-corrected chi connectivity index (χ2v) is 6.73. The summed E-state index contributed by atoms with van der Waals surface area (Å²) in [5.74, 6) is -0.799. The zero-order chi connectivity index (χ0) is 19.3. The molecule has 0 spiro atoms. The second kappa shape index (κ2) is 8.71. The van der Waals surface area contributed by atoms with E-state index in [1.54, 1.807) is 12.1 Å². The number of benzene rings is 1. The number of amides is 1. The van der Waals surface area contributed by atoms with E-state index in [0.717, 1.165) is 28.5 Å². The number of carbonyl (C=O) groups is 3. The molecule has 0 saturated carbocycles. The third-order valence-electron chi connectivity index (χ3n) is 4.04. The lowest BCUT2D eigenvalue weighted by Crippen LogP contribution is -2.38. The Labute approximate surface area is 156 Å². The van der Waals surface area contributed by atoms with Gasteiger partial charge in [-0.1, -0.05) is 23.9 Å². The van der Waals surface area contributed by atoms with Crippen LogP contribution in [0.5, 0.6) is 0 Å². The molecule has 7 heteroatoms. The summed E-state index contributed by atoms with van der Waals surface area (Å²) in [7, 11) is 1.27. The molecule has 1 amide bonds. The molecule has 26 heavy (non-hydrogen) atoms. The molecule has 0 radical (unpaired) electrons. The summed E-state index contributed by atoms with van der Waals surface area (Å²) < 4.78 is 9.76. The number of esters is 1. The number of hydrogen-bond acceptors (Lipinski definition) is 6. The van der Waals surface area contributed by atoms with Gasteiger partial charge < -0.3 is 9.15 Å². The lowest BCUT2D eigenvalue weighted by atomic mass is 10.0. The Morgan fingerprint density at radius 3 is 2.42 bits per heavy atom. The first-order valence-corrected chi connectivity index (χ1v) is 8.98. The highest BCUT2D eigenvalue weighted by molar-refractivity contribution is 8.14. The Bertz CT molecular complexity index is 814. The highest BCUT2D eigenvalue weighted by atomic mass is 32.2. The van der Waals surface area contributed by atoms with Crippen LogP contribution in [-0.2, 0) is 14.3 Å². The van der Waals surface area contributed by atoms with Crippen molar-refractivity contribution in [2.45, 2.75) is 20.8 Å². The minimum atomic E-state index is -0.527. The van der Waals surface area contributed by atoms with Crippen molar-refractivity contribution in [1.82, 2.24) is 0 Å². The quantitative estimate of drug-likeness (QED) is 0.721. The maximum atomic E-state index is 12.8. The molecule has 0 aliphatic carbocycles. The van der Waals surface area contributed by atoms with Crippen LogP contribution >= 0.6 is 11.8 Å². The number of nitrogens with zero attached hydrogens (tertiary/aromatic N) is 1. The van der Waals surface area contributed by atoms with Crippen LogP contribution < -0.4 is 4.90 Å². The molecular formula is C19H21NO5S. The van der Waals surface area contributed by atoms with E-state index >= 15 is 0 Å². The van der Waals surface area contributed by atoms with E-state index in [9.17, 15) is 14.4 Å². The standard InChI is InChI=1S/C19H21NO5S/c1-12-7-8-13(2)18(14(12)3)20(10-17(22)24-4)16(21)11-26-19(23)15-6-5-9-25-15/h5-9H,10-11H2,1-4H3. The van der Waals surface area contributed by atoms with Gasteiger partial charge in [0.15, 0.2) is 5.76 Å². The molecule has 1 aromatic carbocycles. The first-order chi connectivity index (χ1) is 12.3. The Balaban J connectivity index is 2.24. The lowest BCUT2D eigenvalue weighted by Gasteiger charge is -2.26. The van der Waals surface area contributed by atoms with Gasteiger partial charge >= 0.3 is 5.97 Å². The first kappa shape index (κ1) is 19.8. The highest BCUT2D eigenvalue weighted by Gasteiger charge is 2.24. The number of thioether (sulfide) groups is 1. The molecule has 0 fully saturated rings. The van der Waals surface area contributed by atoms with Crippen molar-refractivity contribution in [2.24, 2.45) is 0 Å². The average Bonchev–Trinajstić information content (AvgIpc) is 3.16. The fourth-order valence-electron chi connectivity index (χ4n) is 2.51. The van der Waals surface area contributed by atoms with Crippen LogP contribution in [0.25, 0.3) is 0 Å². The molecule has 1 heterocycles. The number of methoxy groups -OCH3 is 1. The van der Waals surface area contributed by atoms with E-state index in [2.05, 4.69) is 0 Å². The molecule has 0 aliphatic rings. The van der Waals surface area contributed by atoms with E-state index in [1.165, 1.54) is 18.3 Å². The summed E-state index contributed by atoms with van der Waals surface area (Å²) in [6, 6.07) is 7.01. The van der Waals surface area contributed by atoms with Gasteiger partial charge in [-0.05, 0) is 49.6 Å². The number of aryl methyl sites for hydroxylation is 2. The number of furan rings is 1. The average molecular weight is 375 g/mol. The van der Waals surface area contributed by atoms with Crippen LogP contribution in [0.1, 0.15) is 27.2 Å². The van der Waals surface area contributed by atoms with Gasteiger partial charge in [0.05, 0.1) is 24.8 Å². The van der Waals surface area contributed by atoms with Crippen LogP contribution in [0.3, 0.4) is 0 Å². The third kappa shape index (κ3) is 4.54. The predicted octanol–water partition coefficient (Wildman–Crippen LogP) is 3.28. The third-order valence-corrected chi connectivity index (χ3v) is 4.89. The van der Waals surface area contributed by atoms with Gasteiger partial charge in [0.2, 0.25) is 5.91 Å². The predicted molar refractivity (Wildman–Crippen MR) is 101 cm³/mol. The monoisotopic (exact) mass is 375 g/mol. The zero-order valence-corrected chi connectivity index (χ0v) is 16.0. The summed E-state index contributed by atoms with van der Waals surface area (Å²) in [6.45, 7) is 5.50. The molecule has 138 valence electrons. The molecular weight excluding hydrogens is 354 g/mol. The van der Waals surface area contributed by atoms with Crippen LogP contribution in [0, 0.1) is 20.8 Å². The number of ether oxygens (including phenoxy) is 1. The van der Waals surface area contributed by atoms with Crippen molar-refractivity contribution < 1.29 is 23.5 Å².